The normalized spacial score (nSPS) is 19.3. The molecule has 3 aromatic rings. The summed E-state index contributed by atoms with van der Waals surface area (Å²) >= 11 is 0. The number of likely N-dealkylation sites (tertiary alicyclic amines) is 1. The molecule has 1 aromatic heterocycles. The lowest BCUT2D eigenvalue weighted by atomic mass is 9.91. The number of ether oxygens (including phenoxy) is 2. The van der Waals surface area contributed by atoms with Gasteiger partial charge in [0.2, 0.25) is 0 Å². The molecular weight excluding hydrogens is 601 g/mol. The lowest BCUT2D eigenvalue weighted by Gasteiger charge is -2.42. The van der Waals surface area contributed by atoms with Gasteiger partial charge in [-0.3, -0.25) is 14.5 Å². The monoisotopic (exact) mass is 640 g/mol. The van der Waals surface area contributed by atoms with E-state index in [1.54, 1.807) is 24.3 Å². The van der Waals surface area contributed by atoms with Crippen molar-refractivity contribution in [3.63, 3.8) is 0 Å². The van der Waals surface area contributed by atoms with Crippen LogP contribution < -0.4 is 20.7 Å². The number of methoxy groups -OCH3 is 1. The number of alkyl halides is 3. The number of nitrogens with one attached hydrogen (secondary N) is 3. The van der Waals surface area contributed by atoms with Crippen molar-refractivity contribution in [3.05, 3.63) is 53.3 Å². The van der Waals surface area contributed by atoms with Crippen LogP contribution >= 0.6 is 0 Å². The number of imidazole rings is 1. The van der Waals surface area contributed by atoms with Gasteiger partial charge < -0.3 is 30.0 Å². The Bertz CT molecular complexity index is 1620. The number of aromatic nitrogens is 2. The summed E-state index contributed by atoms with van der Waals surface area (Å²) in [5, 5.41) is 8.83. The highest BCUT2D eigenvalue weighted by molar-refractivity contribution is 6.05. The van der Waals surface area contributed by atoms with E-state index in [9.17, 15) is 22.8 Å². The van der Waals surface area contributed by atoms with Crippen LogP contribution in [0.1, 0.15) is 52.5 Å². The number of benzene rings is 2. The second kappa shape index (κ2) is 14.4. The van der Waals surface area contributed by atoms with Crippen molar-refractivity contribution >= 4 is 28.5 Å². The van der Waals surface area contributed by atoms with E-state index in [0.29, 0.717) is 28.6 Å². The van der Waals surface area contributed by atoms with Crippen molar-refractivity contribution in [1.29, 1.82) is 0 Å². The molecule has 10 nitrogen and oxygen atoms in total. The van der Waals surface area contributed by atoms with Crippen LogP contribution in [0.4, 0.5) is 18.9 Å². The van der Waals surface area contributed by atoms with Crippen LogP contribution in [-0.4, -0.2) is 91.5 Å². The van der Waals surface area contributed by atoms with E-state index in [-0.39, 0.29) is 41.0 Å². The predicted octanol–water partition coefficient (Wildman–Crippen LogP) is 4.05. The number of hydrogen-bond acceptors (Lipinski definition) is 7. The van der Waals surface area contributed by atoms with E-state index < -0.39 is 18.6 Å². The van der Waals surface area contributed by atoms with Gasteiger partial charge in [-0.05, 0) is 55.5 Å². The lowest BCUT2D eigenvalue weighted by molar-refractivity contribution is -0.139. The first kappa shape index (κ1) is 33.1. The molecule has 0 radical (unpaired) electrons. The Morgan fingerprint density at radius 2 is 1.91 bits per heavy atom. The quantitative estimate of drug-likeness (QED) is 0.319. The summed E-state index contributed by atoms with van der Waals surface area (Å²) in [6, 6.07) is 8.42. The number of anilines is 1. The summed E-state index contributed by atoms with van der Waals surface area (Å²) < 4.78 is 52.0. The second-order valence-corrected chi connectivity index (χ2v) is 11.7. The van der Waals surface area contributed by atoms with E-state index in [1.165, 1.54) is 20.2 Å². The maximum absolute atomic E-state index is 13.7. The molecule has 3 heterocycles. The molecule has 13 heteroatoms. The third-order valence-corrected chi connectivity index (χ3v) is 8.57. The first-order chi connectivity index (χ1) is 22.1. The second-order valence-electron chi connectivity index (χ2n) is 11.7. The number of halogens is 3. The highest BCUT2D eigenvalue weighted by Crippen LogP contribution is 2.28. The summed E-state index contributed by atoms with van der Waals surface area (Å²) in [5.41, 5.74) is 1.89. The highest BCUT2D eigenvalue weighted by Gasteiger charge is 2.33. The van der Waals surface area contributed by atoms with Gasteiger partial charge in [-0.25, -0.2) is 4.98 Å². The van der Waals surface area contributed by atoms with Gasteiger partial charge in [0.05, 0.1) is 36.7 Å². The first-order valence-electron chi connectivity index (χ1n) is 15.4. The molecule has 2 aromatic carbocycles. The van der Waals surface area contributed by atoms with Crippen LogP contribution in [0.5, 0.6) is 5.75 Å². The van der Waals surface area contributed by atoms with Gasteiger partial charge in [-0.2, -0.15) is 13.2 Å². The Morgan fingerprint density at radius 3 is 2.61 bits per heavy atom. The van der Waals surface area contributed by atoms with Gasteiger partial charge in [0.1, 0.15) is 17.8 Å². The Morgan fingerprint density at radius 1 is 1.13 bits per heavy atom. The molecule has 2 aliphatic heterocycles. The van der Waals surface area contributed by atoms with Crippen LogP contribution in [0.3, 0.4) is 0 Å². The largest absolute Gasteiger partial charge is 0.495 e. The highest BCUT2D eigenvalue weighted by atomic mass is 19.4. The van der Waals surface area contributed by atoms with Gasteiger partial charge in [0.15, 0.2) is 0 Å². The summed E-state index contributed by atoms with van der Waals surface area (Å²) in [6.07, 6.45) is -0.596. The summed E-state index contributed by atoms with van der Waals surface area (Å²) in [5.74, 6) is 5.98. The van der Waals surface area contributed by atoms with Gasteiger partial charge in [0.25, 0.3) is 11.8 Å². The predicted molar refractivity (Wildman–Crippen MR) is 168 cm³/mol. The Balaban J connectivity index is 1.36. The molecule has 0 aliphatic carbocycles. The number of amides is 2. The van der Waals surface area contributed by atoms with Crippen molar-refractivity contribution in [3.8, 4) is 17.6 Å². The Labute approximate surface area is 266 Å². The number of nitrogens with zero attached hydrogens (tertiary/aromatic N) is 3. The molecule has 3 N–H and O–H groups in total. The third-order valence-electron chi connectivity index (χ3n) is 8.57. The van der Waals surface area contributed by atoms with Crippen molar-refractivity contribution in [2.24, 2.45) is 5.92 Å². The molecule has 2 saturated heterocycles. The fourth-order valence-corrected chi connectivity index (χ4v) is 6.17. The van der Waals surface area contributed by atoms with Gasteiger partial charge >= 0.3 is 6.18 Å². The first-order valence-corrected chi connectivity index (χ1v) is 15.4. The smallest absolute Gasteiger partial charge is 0.406 e. The minimum atomic E-state index is -4.47. The van der Waals surface area contributed by atoms with Crippen LogP contribution in [0.15, 0.2) is 36.7 Å². The van der Waals surface area contributed by atoms with Crippen molar-refractivity contribution < 1.29 is 32.2 Å². The molecule has 0 unspecified atom stereocenters. The van der Waals surface area contributed by atoms with Crippen LogP contribution in [0, 0.1) is 17.8 Å². The van der Waals surface area contributed by atoms with Crippen LogP contribution in [-0.2, 0) is 11.3 Å². The SMILES string of the molecule is CNC(=O)c1ccc(OC)c(NCC#Cc2cc(C(=O)N[C@H]3CCN(C4CCOCC4)C[C@@H]3C)c3ncn(CC(F)(F)F)c3c2)c1. The number of piperidine rings is 1. The number of hydrogen-bond donors (Lipinski definition) is 3. The molecule has 2 amide bonds. The van der Waals surface area contributed by atoms with Crippen molar-refractivity contribution in [1.82, 2.24) is 25.1 Å². The molecular formula is C33H39F3N6O4. The zero-order chi connectivity index (χ0) is 32.8. The standard InChI is InChI=1S/C33H39F3N6O4/c1-21-18-41(24-9-13-46-14-10-24)12-8-26(21)40-32(44)25-15-22(16-28-30(25)39-20-42(28)19-33(34,35)36)5-4-11-38-27-17-23(31(43)37-2)6-7-29(27)45-3/h6-7,15-17,20-21,24,26,38H,8-14,18-19H2,1-3H3,(H,37,43)(H,40,44)/t21-,26-/m0/s1. The average Bonchev–Trinajstić information content (AvgIpc) is 3.44. The van der Waals surface area contributed by atoms with Crippen LogP contribution in [0.2, 0.25) is 0 Å². The van der Waals surface area contributed by atoms with E-state index in [4.69, 9.17) is 9.47 Å². The Hall–Kier alpha value is -4.28. The van der Waals surface area contributed by atoms with E-state index >= 15 is 0 Å². The molecule has 2 atom stereocenters. The molecule has 0 spiro atoms. The fraction of sp³-hybridized carbons (Fsp3) is 0.485. The third kappa shape index (κ3) is 7.92. The minimum absolute atomic E-state index is 0.0876. The maximum Gasteiger partial charge on any atom is 0.406 e. The molecule has 2 aliphatic rings. The summed E-state index contributed by atoms with van der Waals surface area (Å²) in [4.78, 5) is 32.4. The van der Waals surface area contributed by atoms with Gasteiger partial charge in [-0.15, -0.1) is 0 Å². The number of carbonyl (C=O) groups excluding carboxylic acids is 2. The molecule has 46 heavy (non-hydrogen) atoms. The zero-order valence-electron chi connectivity index (χ0n) is 26.2. The number of fused-ring (bicyclic) bond motifs is 1. The van der Waals surface area contributed by atoms with E-state index in [2.05, 4.69) is 44.6 Å². The lowest BCUT2D eigenvalue weighted by Crippen LogP contribution is -2.53. The molecule has 246 valence electrons. The fourth-order valence-electron chi connectivity index (χ4n) is 6.17. The van der Waals surface area contributed by atoms with E-state index in [0.717, 1.165) is 56.5 Å². The molecule has 0 saturated carbocycles. The van der Waals surface area contributed by atoms with Crippen LogP contribution in [0.25, 0.3) is 11.0 Å². The topological polar surface area (TPSA) is 110 Å². The minimum Gasteiger partial charge on any atom is -0.495 e. The molecule has 0 bridgehead atoms. The Kier molecular flexibility index (Phi) is 10.4. The number of rotatable bonds is 8. The van der Waals surface area contributed by atoms with Crippen molar-refractivity contribution in [2.75, 3.05) is 52.3 Å². The summed E-state index contributed by atoms with van der Waals surface area (Å²) in [6.45, 7) is 4.23. The molecule has 5 rings (SSSR count). The van der Waals surface area contributed by atoms with Gasteiger partial charge in [0, 0.05) is 56.6 Å². The zero-order valence-corrected chi connectivity index (χ0v) is 26.2. The maximum atomic E-state index is 13.7. The molecule has 2 fully saturated rings. The van der Waals surface area contributed by atoms with E-state index in [1.807, 2.05) is 0 Å². The average molecular weight is 641 g/mol. The van der Waals surface area contributed by atoms with Crippen molar-refractivity contribution in [2.45, 2.75) is 51.0 Å². The van der Waals surface area contributed by atoms with Gasteiger partial charge in [-0.1, -0.05) is 18.8 Å². The number of carbonyl (C=O) groups is 2. The summed E-state index contributed by atoms with van der Waals surface area (Å²) in [7, 11) is 3.04.